The van der Waals surface area contributed by atoms with Crippen molar-refractivity contribution in [2.45, 2.75) is 0 Å². The van der Waals surface area contributed by atoms with E-state index in [-0.39, 0.29) is 0 Å². The highest BCUT2D eigenvalue weighted by atomic mass is 16.5. The zero-order chi connectivity index (χ0) is 15.2. The maximum absolute atomic E-state index is 6.03. The van der Waals surface area contributed by atoms with Crippen molar-refractivity contribution in [3.8, 4) is 11.5 Å². The quantitative estimate of drug-likeness (QED) is 0.343. The molecule has 0 bridgehead atoms. The Hall–Kier alpha value is -3.06. The molecular weight excluding hydrogens is 280 g/mol. The SMILES string of the molecule is c1ccc(Oc2cc3ccc4cccc5ccc(c2)c3c45)cc1. The van der Waals surface area contributed by atoms with E-state index in [1.165, 1.54) is 32.3 Å². The normalized spacial score (nSPS) is 11.5. The maximum atomic E-state index is 6.03. The number of benzene rings is 5. The van der Waals surface area contributed by atoms with E-state index in [4.69, 9.17) is 4.74 Å². The Labute approximate surface area is 134 Å². The van der Waals surface area contributed by atoms with Crippen molar-refractivity contribution in [1.82, 2.24) is 0 Å². The molecule has 1 nitrogen and oxygen atoms in total. The van der Waals surface area contributed by atoms with Gasteiger partial charge in [-0.2, -0.15) is 0 Å². The molecule has 0 fully saturated rings. The molecule has 0 saturated heterocycles. The Balaban J connectivity index is 1.78. The van der Waals surface area contributed by atoms with E-state index in [1.54, 1.807) is 0 Å². The van der Waals surface area contributed by atoms with Crippen LogP contribution < -0.4 is 4.74 Å². The Morgan fingerprint density at radius 3 is 1.65 bits per heavy atom. The molecule has 5 aromatic rings. The highest BCUT2D eigenvalue weighted by molar-refractivity contribution is 6.23. The lowest BCUT2D eigenvalue weighted by molar-refractivity contribution is 0.484. The van der Waals surface area contributed by atoms with Gasteiger partial charge in [0.15, 0.2) is 0 Å². The van der Waals surface area contributed by atoms with Crippen LogP contribution in [-0.2, 0) is 0 Å². The van der Waals surface area contributed by atoms with Gasteiger partial charge in [-0.1, -0.05) is 60.7 Å². The number of rotatable bonds is 2. The van der Waals surface area contributed by atoms with Crippen molar-refractivity contribution in [3.05, 3.63) is 84.9 Å². The van der Waals surface area contributed by atoms with Gasteiger partial charge in [0.1, 0.15) is 11.5 Å². The summed E-state index contributed by atoms with van der Waals surface area (Å²) in [6, 6.07) is 29.4. The third kappa shape index (κ3) is 1.94. The third-order valence-corrected chi connectivity index (χ3v) is 4.42. The van der Waals surface area contributed by atoms with E-state index >= 15 is 0 Å². The zero-order valence-corrected chi connectivity index (χ0v) is 12.5. The summed E-state index contributed by atoms with van der Waals surface area (Å²) in [5.74, 6) is 1.74. The number of para-hydroxylation sites is 1. The maximum Gasteiger partial charge on any atom is 0.128 e. The van der Waals surface area contributed by atoms with Crippen molar-refractivity contribution >= 4 is 32.3 Å². The van der Waals surface area contributed by atoms with Crippen LogP contribution in [0.4, 0.5) is 0 Å². The van der Waals surface area contributed by atoms with Gasteiger partial charge in [-0.25, -0.2) is 0 Å². The van der Waals surface area contributed by atoms with E-state index in [1.807, 2.05) is 30.3 Å². The minimum absolute atomic E-state index is 0.861. The molecule has 0 aliphatic carbocycles. The van der Waals surface area contributed by atoms with Crippen LogP contribution in [0.1, 0.15) is 0 Å². The predicted molar refractivity (Wildman–Crippen MR) is 96.7 cm³/mol. The van der Waals surface area contributed by atoms with Gasteiger partial charge < -0.3 is 4.74 Å². The van der Waals surface area contributed by atoms with Gasteiger partial charge in [0.25, 0.3) is 0 Å². The molecule has 0 heterocycles. The predicted octanol–water partition coefficient (Wildman–Crippen LogP) is 6.38. The van der Waals surface area contributed by atoms with Crippen molar-refractivity contribution in [3.63, 3.8) is 0 Å². The molecule has 1 heteroatoms. The summed E-state index contributed by atoms with van der Waals surface area (Å²) >= 11 is 0. The van der Waals surface area contributed by atoms with Gasteiger partial charge in [-0.15, -0.1) is 0 Å². The number of hydrogen-bond acceptors (Lipinski definition) is 1. The molecule has 23 heavy (non-hydrogen) atoms. The van der Waals surface area contributed by atoms with Gasteiger partial charge in [0.05, 0.1) is 0 Å². The smallest absolute Gasteiger partial charge is 0.128 e. The van der Waals surface area contributed by atoms with Gasteiger partial charge in [0, 0.05) is 0 Å². The topological polar surface area (TPSA) is 9.23 Å². The lowest BCUT2D eigenvalue weighted by Gasteiger charge is -2.13. The molecule has 0 saturated carbocycles. The monoisotopic (exact) mass is 294 g/mol. The molecule has 0 aliphatic rings. The van der Waals surface area contributed by atoms with Crippen LogP contribution in [0.15, 0.2) is 84.9 Å². The summed E-state index contributed by atoms with van der Waals surface area (Å²) in [5, 5.41) is 7.68. The summed E-state index contributed by atoms with van der Waals surface area (Å²) in [7, 11) is 0. The molecule has 0 aliphatic heterocycles. The van der Waals surface area contributed by atoms with Crippen LogP contribution in [0, 0.1) is 0 Å². The lowest BCUT2D eigenvalue weighted by atomic mass is 9.94. The van der Waals surface area contributed by atoms with E-state index in [9.17, 15) is 0 Å². The van der Waals surface area contributed by atoms with Crippen molar-refractivity contribution in [2.75, 3.05) is 0 Å². The largest absolute Gasteiger partial charge is 0.457 e. The number of ether oxygens (including phenoxy) is 1. The number of hydrogen-bond donors (Lipinski definition) is 0. The highest BCUT2D eigenvalue weighted by Gasteiger charge is 2.09. The Kier molecular flexibility index (Phi) is 2.56. The van der Waals surface area contributed by atoms with E-state index in [0.717, 1.165) is 11.5 Å². The lowest BCUT2D eigenvalue weighted by Crippen LogP contribution is -1.87. The zero-order valence-electron chi connectivity index (χ0n) is 12.5. The Morgan fingerprint density at radius 1 is 0.435 bits per heavy atom. The van der Waals surface area contributed by atoms with Crippen LogP contribution in [0.5, 0.6) is 11.5 Å². The molecule has 0 radical (unpaired) electrons. The summed E-state index contributed by atoms with van der Waals surface area (Å²) < 4.78 is 6.03. The minimum Gasteiger partial charge on any atom is -0.457 e. The fourth-order valence-corrected chi connectivity index (χ4v) is 3.41. The molecule has 0 amide bonds. The molecule has 0 unspecified atom stereocenters. The molecule has 0 atom stereocenters. The van der Waals surface area contributed by atoms with E-state index < -0.39 is 0 Å². The standard InChI is InChI=1S/C22H14O/c1-2-7-19(8-3-1)23-20-13-17-11-9-15-5-4-6-16-10-12-18(14-20)22(17)21(15)16/h1-14H. The van der Waals surface area contributed by atoms with Crippen LogP contribution >= 0.6 is 0 Å². The van der Waals surface area contributed by atoms with Crippen LogP contribution in [0.2, 0.25) is 0 Å². The summed E-state index contributed by atoms with van der Waals surface area (Å²) in [4.78, 5) is 0. The van der Waals surface area contributed by atoms with Crippen molar-refractivity contribution in [2.24, 2.45) is 0 Å². The second-order valence-electron chi connectivity index (χ2n) is 5.87. The molecule has 5 rings (SSSR count). The van der Waals surface area contributed by atoms with Crippen LogP contribution in [0.25, 0.3) is 32.3 Å². The van der Waals surface area contributed by atoms with Crippen LogP contribution in [0.3, 0.4) is 0 Å². The average molecular weight is 294 g/mol. The Bertz CT molecular complexity index is 1060. The first-order chi connectivity index (χ1) is 11.4. The van der Waals surface area contributed by atoms with Gasteiger partial charge in [-0.3, -0.25) is 0 Å². The molecule has 0 aromatic heterocycles. The summed E-state index contributed by atoms with van der Waals surface area (Å²) in [6.07, 6.45) is 0. The molecule has 0 N–H and O–H groups in total. The summed E-state index contributed by atoms with van der Waals surface area (Å²) in [5.41, 5.74) is 0. The Morgan fingerprint density at radius 2 is 1.00 bits per heavy atom. The van der Waals surface area contributed by atoms with Crippen LogP contribution in [-0.4, -0.2) is 0 Å². The average Bonchev–Trinajstić information content (AvgIpc) is 2.60. The van der Waals surface area contributed by atoms with E-state index in [2.05, 4.69) is 54.6 Å². The molecular formula is C22H14O. The first-order valence-electron chi connectivity index (χ1n) is 7.79. The minimum atomic E-state index is 0.861. The molecule has 108 valence electrons. The second kappa shape index (κ2) is 4.72. The first kappa shape index (κ1) is 12.5. The summed E-state index contributed by atoms with van der Waals surface area (Å²) in [6.45, 7) is 0. The first-order valence-corrected chi connectivity index (χ1v) is 7.79. The van der Waals surface area contributed by atoms with Crippen molar-refractivity contribution < 1.29 is 4.74 Å². The molecule has 0 spiro atoms. The van der Waals surface area contributed by atoms with Crippen molar-refractivity contribution in [1.29, 1.82) is 0 Å². The highest BCUT2D eigenvalue weighted by Crippen LogP contribution is 2.37. The molecule has 5 aromatic carbocycles. The fraction of sp³-hybridized carbons (Fsp3) is 0. The van der Waals surface area contributed by atoms with Gasteiger partial charge in [0.2, 0.25) is 0 Å². The fourth-order valence-electron chi connectivity index (χ4n) is 3.41. The van der Waals surface area contributed by atoms with Gasteiger partial charge >= 0.3 is 0 Å². The second-order valence-corrected chi connectivity index (χ2v) is 5.87. The third-order valence-electron chi connectivity index (χ3n) is 4.42. The van der Waals surface area contributed by atoms with Gasteiger partial charge in [-0.05, 0) is 56.6 Å². The van der Waals surface area contributed by atoms with E-state index in [0.29, 0.717) is 0 Å².